The Bertz CT molecular complexity index is 347. The van der Waals surface area contributed by atoms with Crippen LogP contribution in [0.15, 0.2) is 24.3 Å². The van der Waals surface area contributed by atoms with Crippen LogP contribution in [0.25, 0.3) is 0 Å². The van der Waals surface area contributed by atoms with Crippen LogP contribution in [0.1, 0.15) is 31.7 Å². The second-order valence-corrected chi connectivity index (χ2v) is 4.09. The Morgan fingerprint density at radius 2 is 2.12 bits per heavy atom. The normalized spacial score (nSPS) is 10.1. The zero-order valence-corrected chi connectivity index (χ0v) is 10.2. The molecule has 0 heterocycles. The minimum atomic E-state index is 0.129. The zero-order chi connectivity index (χ0) is 12.0. The van der Waals surface area contributed by atoms with Crippen LogP contribution in [-0.4, -0.2) is 19.4 Å². The van der Waals surface area contributed by atoms with Gasteiger partial charge in [-0.3, -0.25) is 5.41 Å². The lowest BCUT2D eigenvalue weighted by Crippen LogP contribution is -2.19. The van der Waals surface area contributed by atoms with Crippen LogP contribution < -0.4 is 10.6 Å². The van der Waals surface area contributed by atoms with E-state index in [-0.39, 0.29) is 5.84 Å². The van der Waals surface area contributed by atoms with Crippen molar-refractivity contribution >= 4 is 11.5 Å². The molecule has 0 amide bonds. The third kappa shape index (κ3) is 3.57. The molecule has 0 fully saturated rings. The van der Waals surface area contributed by atoms with E-state index in [9.17, 15) is 0 Å². The van der Waals surface area contributed by atoms with Crippen LogP contribution in [0.5, 0.6) is 0 Å². The average Bonchev–Trinajstić information content (AvgIpc) is 2.29. The first-order chi connectivity index (χ1) is 7.65. The topological polar surface area (TPSA) is 53.1 Å². The fourth-order valence-electron chi connectivity index (χ4n) is 1.64. The van der Waals surface area contributed by atoms with E-state index < -0.39 is 0 Å². The van der Waals surface area contributed by atoms with Crippen LogP contribution in [0.4, 0.5) is 5.69 Å². The van der Waals surface area contributed by atoms with Crippen LogP contribution in [-0.2, 0) is 0 Å². The number of nitrogen functional groups attached to an aromatic ring is 1. The Kier molecular flexibility index (Phi) is 4.83. The first-order valence-corrected chi connectivity index (χ1v) is 5.80. The van der Waals surface area contributed by atoms with E-state index >= 15 is 0 Å². The monoisotopic (exact) mass is 219 g/mol. The molecule has 0 unspecified atom stereocenters. The molecule has 3 nitrogen and oxygen atoms in total. The highest BCUT2D eigenvalue weighted by Gasteiger charge is 2.02. The van der Waals surface area contributed by atoms with Gasteiger partial charge in [-0.2, -0.15) is 0 Å². The third-order valence-electron chi connectivity index (χ3n) is 2.70. The highest BCUT2D eigenvalue weighted by molar-refractivity contribution is 5.95. The van der Waals surface area contributed by atoms with Gasteiger partial charge < -0.3 is 10.6 Å². The van der Waals surface area contributed by atoms with Crippen molar-refractivity contribution in [3.05, 3.63) is 29.8 Å². The lowest BCUT2D eigenvalue weighted by Gasteiger charge is -2.19. The number of benzene rings is 1. The van der Waals surface area contributed by atoms with Crippen molar-refractivity contribution in [1.29, 1.82) is 5.41 Å². The Labute approximate surface area is 97.8 Å². The summed E-state index contributed by atoms with van der Waals surface area (Å²) in [5, 5.41) is 7.40. The number of hydrogen-bond donors (Lipinski definition) is 2. The number of nitrogens with zero attached hydrogens (tertiary/aromatic N) is 1. The molecular formula is C13H21N3. The summed E-state index contributed by atoms with van der Waals surface area (Å²) in [4.78, 5) is 2.21. The van der Waals surface area contributed by atoms with E-state index in [1.165, 1.54) is 19.3 Å². The second-order valence-electron chi connectivity index (χ2n) is 4.09. The molecule has 0 bridgehead atoms. The number of nitrogens with two attached hydrogens (primary N) is 1. The molecule has 0 spiro atoms. The molecule has 1 aromatic carbocycles. The second kappa shape index (κ2) is 6.16. The van der Waals surface area contributed by atoms with Gasteiger partial charge in [-0.05, 0) is 18.6 Å². The standard InChI is InChI=1S/C13H21N3/c1-3-4-5-9-16(2)12-8-6-7-11(10-12)13(14)15/h6-8,10H,3-5,9H2,1-2H3,(H3,14,15). The van der Waals surface area contributed by atoms with Gasteiger partial charge in [0.15, 0.2) is 0 Å². The molecule has 16 heavy (non-hydrogen) atoms. The minimum Gasteiger partial charge on any atom is -0.384 e. The number of anilines is 1. The van der Waals surface area contributed by atoms with E-state index in [0.29, 0.717) is 0 Å². The van der Waals surface area contributed by atoms with E-state index in [1.807, 2.05) is 18.2 Å². The van der Waals surface area contributed by atoms with Crippen molar-refractivity contribution in [2.45, 2.75) is 26.2 Å². The summed E-state index contributed by atoms with van der Waals surface area (Å²) in [6, 6.07) is 7.83. The smallest absolute Gasteiger partial charge is 0.122 e. The van der Waals surface area contributed by atoms with Crippen molar-refractivity contribution in [3.63, 3.8) is 0 Å². The lowest BCUT2D eigenvalue weighted by atomic mass is 10.1. The van der Waals surface area contributed by atoms with Gasteiger partial charge in [-0.15, -0.1) is 0 Å². The highest BCUT2D eigenvalue weighted by Crippen LogP contribution is 2.15. The van der Waals surface area contributed by atoms with Gasteiger partial charge in [-0.25, -0.2) is 0 Å². The van der Waals surface area contributed by atoms with Crippen LogP contribution in [0.2, 0.25) is 0 Å². The van der Waals surface area contributed by atoms with Gasteiger partial charge >= 0.3 is 0 Å². The molecule has 0 aliphatic rings. The first-order valence-electron chi connectivity index (χ1n) is 5.80. The predicted octanol–water partition coefficient (Wildman–Crippen LogP) is 2.60. The number of hydrogen-bond acceptors (Lipinski definition) is 2. The summed E-state index contributed by atoms with van der Waals surface area (Å²) < 4.78 is 0. The van der Waals surface area contributed by atoms with Gasteiger partial charge in [0.05, 0.1) is 0 Å². The summed E-state index contributed by atoms with van der Waals surface area (Å²) in [6.07, 6.45) is 3.70. The summed E-state index contributed by atoms with van der Waals surface area (Å²) in [5.41, 5.74) is 7.39. The van der Waals surface area contributed by atoms with Gasteiger partial charge in [0.2, 0.25) is 0 Å². The van der Waals surface area contributed by atoms with Gasteiger partial charge in [0, 0.05) is 24.8 Å². The molecule has 88 valence electrons. The first kappa shape index (κ1) is 12.6. The molecule has 0 saturated carbocycles. The molecule has 1 rings (SSSR count). The maximum Gasteiger partial charge on any atom is 0.122 e. The van der Waals surface area contributed by atoms with Gasteiger partial charge in [0.25, 0.3) is 0 Å². The maximum atomic E-state index is 7.40. The van der Waals surface area contributed by atoms with Crippen molar-refractivity contribution in [2.24, 2.45) is 5.73 Å². The summed E-state index contributed by atoms with van der Waals surface area (Å²) >= 11 is 0. The average molecular weight is 219 g/mol. The van der Waals surface area contributed by atoms with E-state index in [2.05, 4.69) is 24.9 Å². The Hall–Kier alpha value is -1.51. The van der Waals surface area contributed by atoms with Crippen molar-refractivity contribution in [2.75, 3.05) is 18.5 Å². The number of rotatable bonds is 6. The molecule has 0 aromatic heterocycles. The van der Waals surface area contributed by atoms with Crippen molar-refractivity contribution in [3.8, 4) is 0 Å². The summed E-state index contributed by atoms with van der Waals surface area (Å²) in [7, 11) is 2.08. The molecule has 0 aliphatic carbocycles. The quantitative estimate of drug-likeness (QED) is 0.439. The van der Waals surface area contributed by atoms with Crippen LogP contribution >= 0.6 is 0 Å². The largest absolute Gasteiger partial charge is 0.384 e. The van der Waals surface area contributed by atoms with Crippen LogP contribution in [0, 0.1) is 5.41 Å². The van der Waals surface area contributed by atoms with E-state index in [4.69, 9.17) is 11.1 Å². The molecule has 0 radical (unpaired) electrons. The molecule has 1 aromatic rings. The Morgan fingerprint density at radius 3 is 2.75 bits per heavy atom. The Morgan fingerprint density at radius 1 is 1.38 bits per heavy atom. The maximum absolute atomic E-state index is 7.40. The van der Waals surface area contributed by atoms with Gasteiger partial charge in [0.1, 0.15) is 5.84 Å². The molecule has 0 aliphatic heterocycles. The Balaban J connectivity index is 2.64. The fraction of sp³-hybridized carbons (Fsp3) is 0.462. The minimum absolute atomic E-state index is 0.129. The SMILES string of the molecule is CCCCCN(C)c1cccc(C(=N)N)c1. The highest BCUT2D eigenvalue weighted by atomic mass is 15.1. The third-order valence-corrected chi connectivity index (χ3v) is 2.70. The van der Waals surface area contributed by atoms with Crippen molar-refractivity contribution < 1.29 is 0 Å². The molecular weight excluding hydrogens is 198 g/mol. The van der Waals surface area contributed by atoms with Crippen molar-refractivity contribution in [1.82, 2.24) is 0 Å². The van der Waals surface area contributed by atoms with Gasteiger partial charge in [-0.1, -0.05) is 31.9 Å². The summed E-state index contributed by atoms with van der Waals surface area (Å²) in [5.74, 6) is 0.129. The molecule has 3 N–H and O–H groups in total. The number of unbranched alkanes of at least 4 members (excludes halogenated alkanes) is 2. The number of nitrogens with one attached hydrogen (secondary N) is 1. The number of amidine groups is 1. The molecule has 3 heteroatoms. The zero-order valence-electron chi connectivity index (χ0n) is 10.2. The molecule has 0 saturated heterocycles. The lowest BCUT2D eigenvalue weighted by molar-refractivity contribution is 0.705. The predicted molar refractivity (Wildman–Crippen MR) is 70.3 cm³/mol. The van der Waals surface area contributed by atoms with E-state index in [1.54, 1.807) is 0 Å². The summed E-state index contributed by atoms with van der Waals surface area (Å²) in [6.45, 7) is 3.26. The van der Waals surface area contributed by atoms with E-state index in [0.717, 1.165) is 17.8 Å². The van der Waals surface area contributed by atoms with Crippen LogP contribution in [0.3, 0.4) is 0 Å². The molecule has 0 atom stereocenters. The fourth-order valence-corrected chi connectivity index (χ4v) is 1.64.